The average Bonchev–Trinajstić information content (AvgIpc) is 2.78. The summed E-state index contributed by atoms with van der Waals surface area (Å²) in [6.07, 6.45) is 0.915. The van der Waals surface area contributed by atoms with E-state index in [1.807, 2.05) is 42.5 Å². The summed E-state index contributed by atoms with van der Waals surface area (Å²) in [6, 6.07) is 13.5. The van der Waals surface area contributed by atoms with Crippen molar-refractivity contribution in [1.82, 2.24) is 10.2 Å². The van der Waals surface area contributed by atoms with Gasteiger partial charge in [-0.2, -0.15) is 0 Å². The van der Waals surface area contributed by atoms with Crippen LogP contribution in [0.5, 0.6) is 0 Å². The second-order valence-corrected chi connectivity index (χ2v) is 9.54. The zero-order valence-electron chi connectivity index (χ0n) is 17.7. The number of benzene rings is 2. The molecule has 0 bridgehead atoms. The molecular weight excluding hydrogens is 469 g/mol. The fraction of sp³-hybridized carbons (Fsp3) is 0.391. The van der Waals surface area contributed by atoms with E-state index in [0.717, 1.165) is 35.7 Å². The van der Waals surface area contributed by atoms with Gasteiger partial charge in [-0.15, -0.1) is 11.8 Å². The van der Waals surface area contributed by atoms with Gasteiger partial charge in [0.25, 0.3) is 0 Å². The lowest BCUT2D eigenvalue weighted by molar-refractivity contribution is -0.120. The van der Waals surface area contributed by atoms with Crippen molar-refractivity contribution in [3.05, 3.63) is 63.6 Å². The number of primary amides is 1. The lowest BCUT2D eigenvalue weighted by atomic mass is 10.1. The molecule has 172 valence electrons. The topological polar surface area (TPSA) is 84.7 Å². The maximum atomic E-state index is 12.3. The van der Waals surface area contributed by atoms with Gasteiger partial charge in [0.15, 0.2) is 0 Å². The Morgan fingerprint density at radius 3 is 2.59 bits per heavy atom. The van der Waals surface area contributed by atoms with Gasteiger partial charge in [0.05, 0.1) is 28.5 Å². The molecule has 32 heavy (non-hydrogen) atoms. The molecule has 1 aliphatic heterocycles. The number of amides is 2. The fourth-order valence-corrected chi connectivity index (χ4v) is 4.44. The molecule has 6 nitrogen and oxygen atoms in total. The number of nitrogens with one attached hydrogen (secondary N) is 1. The number of hydrogen-bond donors (Lipinski definition) is 2. The Balaban J connectivity index is 1.37. The lowest BCUT2D eigenvalue weighted by Gasteiger charge is -2.33. The molecule has 0 saturated carbocycles. The monoisotopic (exact) mass is 495 g/mol. The summed E-state index contributed by atoms with van der Waals surface area (Å²) in [5.74, 6) is -0.00191. The number of carbonyl (C=O) groups is 2. The van der Waals surface area contributed by atoms with E-state index >= 15 is 0 Å². The first kappa shape index (κ1) is 24.9. The van der Waals surface area contributed by atoms with Crippen LogP contribution in [0.15, 0.2) is 47.4 Å². The van der Waals surface area contributed by atoms with Crippen molar-refractivity contribution in [2.75, 3.05) is 32.0 Å². The standard InChI is InChI=1S/C23H27Cl2N3O3S/c24-20-7-3-17(11-21(20)25)13-28-9-10-31-18(14-28)12-27-23(30)15-32-19-5-1-16(2-6-19)4-8-22(26)29/h1-3,5-7,11,18H,4,8-10,12-15H2,(H2,26,29)(H,27,30)/t18-/m0/s1. The van der Waals surface area contributed by atoms with Gasteiger partial charge >= 0.3 is 0 Å². The lowest BCUT2D eigenvalue weighted by Crippen LogP contribution is -2.47. The summed E-state index contributed by atoms with van der Waals surface area (Å²) in [5.41, 5.74) is 7.33. The minimum atomic E-state index is -0.306. The smallest absolute Gasteiger partial charge is 0.230 e. The van der Waals surface area contributed by atoms with Crippen molar-refractivity contribution in [3.8, 4) is 0 Å². The molecule has 0 spiro atoms. The Hall–Kier alpha value is -1.77. The summed E-state index contributed by atoms with van der Waals surface area (Å²) >= 11 is 13.6. The Labute approximate surface area is 202 Å². The SMILES string of the molecule is NC(=O)CCc1ccc(SCC(=O)NC[C@H]2CN(Cc3ccc(Cl)c(Cl)c3)CCO2)cc1. The van der Waals surface area contributed by atoms with Gasteiger partial charge in [0.1, 0.15) is 0 Å². The third-order valence-corrected chi connectivity index (χ3v) is 6.84. The first-order valence-corrected chi connectivity index (χ1v) is 12.2. The van der Waals surface area contributed by atoms with Gasteiger partial charge in [-0.05, 0) is 41.8 Å². The van der Waals surface area contributed by atoms with Crippen molar-refractivity contribution < 1.29 is 14.3 Å². The molecule has 9 heteroatoms. The number of ether oxygens (including phenoxy) is 1. The number of halogens is 2. The number of nitrogens with zero attached hydrogens (tertiary/aromatic N) is 1. The third-order valence-electron chi connectivity index (χ3n) is 5.09. The van der Waals surface area contributed by atoms with Gasteiger partial charge in [-0.1, -0.05) is 41.4 Å². The third kappa shape index (κ3) is 8.30. The first-order chi connectivity index (χ1) is 15.4. The van der Waals surface area contributed by atoms with Gasteiger partial charge in [-0.25, -0.2) is 0 Å². The maximum Gasteiger partial charge on any atom is 0.230 e. The highest BCUT2D eigenvalue weighted by Gasteiger charge is 2.21. The predicted octanol–water partition coefficient (Wildman–Crippen LogP) is 3.52. The highest BCUT2D eigenvalue weighted by molar-refractivity contribution is 8.00. The molecule has 0 radical (unpaired) electrons. The zero-order valence-corrected chi connectivity index (χ0v) is 20.0. The van der Waals surface area contributed by atoms with E-state index in [9.17, 15) is 9.59 Å². The van der Waals surface area contributed by atoms with Crippen LogP contribution in [0.4, 0.5) is 0 Å². The second kappa shape index (κ2) is 12.5. The van der Waals surface area contributed by atoms with E-state index in [4.69, 9.17) is 33.7 Å². The molecule has 0 aliphatic carbocycles. The summed E-state index contributed by atoms with van der Waals surface area (Å²) < 4.78 is 5.81. The molecule has 3 rings (SSSR count). The molecule has 1 saturated heterocycles. The molecule has 2 aromatic carbocycles. The van der Waals surface area contributed by atoms with Gasteiger partial charge in [0.2, 0.25) is 11.8 Å². The van der Waals surface area contributed by atoms with E-state index in [1.54, 1.807) is 0 Å². The van der Waals surface area contributed by atoms with Crippen LogP contribution in [0.2, 0.25) is 10.0 Å². The summed E-state index contributed by atoms with van der Waals surface area (Å²) in [6.45, 7) is 3.43. The number of thioether (sulfide) groups is 1. The second-order valence-electron chi connectivity index (χ2n) is 7.68. The number of nitrogens with two attached hydrogens (primary N) is 1. The largest absolute Gasteiger partial charge is 0.374 e. The molecule has 1 atom stereocenters. The Kier molecular flexibility index (Phi) is 9.69. The molecule has 1 aliphatic rings. The summed E-state index contributed by atoms with van der Waals surface area (Å²) in [7, 11) is 0. The quantitative estimate of drug-likeness (QED) is 0.492. The fourth-order valence-electron chi connectivity index (χ4n) is 3.39. The van der Waals surface area contributed by atoms with E-state index in [0.29, 0.717) is 41.8 Å². The Morgan fingerprint density at radius 2 is 1.88 bits per heavy atom. The van der Waals surface area contributed by atoms with Crippen molar-refractivity contribution in [2.24, 2.45) is 5.73 Å². The zero-order chi connectivity index (χ0) is 22.9. The maximum absolute atomic E-state index is 12.3. The number of aryl methyl sites for hydroxylation is 1. The molecule has 2 amide bonds. The van der Waals surface area contributed by atoms with E-state index in [-0.39, 0.29) is 17.9 Å². The van der Waals surface area contributed by atoms with Crippen LogP contribution in [0.25, 0.3) is 0 Å². The van der Waals surface area contributed by atoms with Crippen molar-refractivity contribution in [3.63, 3.8) is 0 Å². The number of rotatable bonds is 10. The van der Waals surface area contributed by atoms with Crippen molar-refractivity contribution in [2.45, 2.75) is 30.4 Å². The van der Waals surface area contributed by atoms with Gasteiger partial charge in [0, 0.05) is 37.5 Å². The number of hydrogen-bond acceptors (Lipinski definition) is 5. The van der Waals surface area contributed by atoms with Gasteiger partial charge < -0.3 is 15.8 Å². The average molecular weight is 496 g/mol. The molecule has 0 aromatic heterocycles. The number of carbonyl (C=O) groups excluding carboxylic acids is 2. The molecule has 2 aromatic rings. The van der Waals surface area contributed by atoms with Crippen molar-refractivity contribution >= 4 is 46.8 Å². The normalized spacial score (nSPS) is 16.6. The van der Waals surface area contributed by atoms with E-state index < -0.39 is 0 Å². The van der Waals surface area contributed by atoms with Gasteiger partial charge in [-0.3, -0.25) is 14.5 Å². The summed E-state index contributed by atoms with van der Waals surface area (Å²) in [4.78, 5) is 26.4. The van der Waals surface area contributed by atoms with Crippen LogP contribution in [-0.4, -0.2) is 54.8 Å². The van der Waals surface area contributed by atoms with Crippen LogP contribution in [-0.2, 0) is 27.3 Å². The number of morpholine rings is 1. The minimum Gasteiger partial charge on any atom is -0.374 e. The van der Waals surface area contributed by atoms with E-state index in [1.165, 1.54) is 11.8 Å². The highest BCUT2D eigenvalue weighted by Crippen LogP contribution is 2.24. The Morgan fingerprint density at radius 1 is 1.12 bits per heavy atom. The van der Waals surface area contributed by atoms with Crippen LogP contribution in [0.1, 0.15) is 17.5 Å². The Bertz CT molecular complexity index is 927. The highest BCUT2D eigenvalue weighted by atomic mass is 35.5. The van der Waals surface area contributed by atoms with E-state index in [2.05, 4.69) is 10.2 Å². The first-order valence-electron chi connectivity index (χ1n) is 10.4. The van der Waals surface area contributed by atoms with Crippen LogP contribution in [0.3, 0.4) is 0 Å². The minimum absolute atomic E-state index is 0.0296. The predicted molar refractivity (Wildman–Crippen MR) is 129 cm³/mol. The molecule has 3 N–H and O–H groups in total. The molecular formula is C23H27Cl2N3O3S. The van der Waals surface area contributed by atoms with Crippen LogP contribution < -0.4 is 11.1 Å². The van der Waals surface area contributed by atoms with Crippen molar-refractivity contribution in [1.29, 1.82) is 0 Å². The molecule has 0 unspecified atom stereocenters. The summed E-state index contributed by atoms with van der Waals surface area (Å²) in [5, 5.41) is 4.07. The molecule has 1 fully saturated rings. The van der Waals surface area contributed by atoms with Crippen LogP contribution >= 0.6 is 35.0 Å². The van der Waals surface area contributed by atoms with Crippen LogP contribution in [0, 0.1) is 0 Å². The molecule has 1 heterocycles.